The first-order valence-corrected chi connectivity index (χ1v) is 11.6. The Hall–Kier alpha value is -2.45. The molecule has 0 saturated carbocycles. The van der Waals surface area contributed by atoms with Crippen LogP contribution in [0.5, 0.6) is 11.5 Å². The average molecular weight is 455 g/mol. The van der Waals surface area contributed by atoms with E-state index in [9.17, 15) is 13.2 Å². The molecule has 7 nitrogen and oxygen atoms in total. The van der Waals surface area contributed by atoms with E-state index in [1.165, 1.54) is 0 Å². The number of hydrogen-bond acceptors (Lipinski definition) is 5. The lowest BCUT2D eigenvalue weighted by Gasteiger charge is -2.22. The smallest absolute Gasteiger partial charge is 0.240 e. The molecule has 164 valence electrons. The molecule has 1 amide bonds. The first kappa shape index (κ1) is 23.8. The summed E-state index contributed by atoms with van der Waals surface area (Å²) in [6.07, 6.45) is 2.48. The van der Waals surface area contributed by atoms with Gasteiger partial charge in [0.1, 0.15) is 6.54 Å². The minimum Gasteiger partial charge on any atom is -0.493 e. The first-order chi connectivity index (χ1) is 14.2. The highest BCUT2D eigenvalue weighted by Gasteiger charge is 2.21. The normalized spacial score (nSPS) is 11.1. The van der Waals surface area contributed by atoms with Crippen LogP contribution in [-0.4, -0.2) is 47.9 Å². The zero-order valence-corrected chi connectivity index (χ0v) is 19.1. The van der Waals surface area contributed by atoms with Gasteiger partial charge in [-0.1, -0.05) is 23.7 Å². The molecule has 0 saturated heterocycles. The number of aryl methyl sites for hydroxylation is 2. The van der Waals surface area contributed by atoms with Gasteiger partial charge in [0.05, 0.1) is 26.2 Å². The summed E-state index contributed by atoms with van der Waals surface area (Å²) in [5.74, 6) is 0.927. The van der Waals surface area contributed by atoms with Gasteiger partial charge < -0.3 is 14.8 Å². The topological polar surface area (TPSA) is 84.9 Å². The minimum absolute atomic E-state index is 0.311. The lowest BCUT2D eigenvalue weighted by molar-refractivity contribution is -0.119. The second kappa shape index (κ2) is 10.5. The number of halogens is 1. The zero-order valence-electron chi connectivity index (χ0n) is 17.6. The van der Waals surface area contributed by atoms with E-state index >= 15 is 0 Å². The van der Waals surface area contributed by atoms with E-state index in [0.29, 0.717) is 35.2 Å². The molecule has 0 aliphatic carbocycles. The van der Waals surface area contributed by atoms with E-state index in [2.05, 4.69) is 5.32 Å². The van der Waals surface area contributed by atoms with Crippen LogP contribution in [0.2, 0.25) is 5.02 Å². The highest BCUT2D eigenvalue weighted by atomic mass is 35.5. The lowest BCUT2D eigenvalue weighted by atomic mass is 10.1. The van der Waals surface area contributed by atoms with E-state index < -0.39 is 10.0 Å². The lowest BCUT2D eigenvalue weighted by Crippen LogP contribution is -2.40. The monoisotopic (exact) mass is 454 g/mol. The summed E-state index contributed by atoms with van der Waals surface area (Å²) in [5, 5.41) is 3.21. The summed E-state index contributed by atoms with van der Waals surface area (Å²) in [6.45, 7) is 1.93. The Morgan fingerprint density at radius 2 is 1.80 bits per heavy atom. The van der Waals surface area contributed by atoms with Crippen LogP contribution in [0.1, 0.15) is 17.5 Å². The van der Waals surface area contributed by atoms with Crippen LogP contribution >= 0.6 is 11.6 Å². The Bertz CT molecular complexity index is 995. The third-order valence-corrected chi connectivity index (χ3v) is 6.09. The molecule has 30 heavy (non-hydrogen) atoms. The van der Waals surface area contributed by atoms with E-state index in [0.717, 1.165) is 28.1 Å². The van der Waals surface area contributed by atoms with Gasteiger partial charge in [-0.25, -0.2) is 8.42 Å². The second-order valence-electron chi connectivity index (χ2n) is 6.85. The number of carbonyl (C=O) groups is 1. The van der Waals surface area contributed by atoms with Crippen molar-refractivity contribution >= 4 is 33.2 Å². The molecule has 0 aliphatic rings. The number of rotatable bonds is 10. The number of nitrogens with zero attached hydrogens (tertiary/aromatic N) is 1. The van der Waals surface area contributed by atoms with E-state index in [1.54, 1.807) is 32.4 Å². The average Bonchev–Trinajstić information content (AvgIpc) is 2.70. The zero-order chi connectivity index (χ0) is 22.3. The summed E-state index contributed by atoms with van der Waals surface area (Å²) in [7, 11) is -0.482. The van der Waals surface area contributed by atoms with Crippen LogP contribution in [0.25, 0.3) is 0 Å². The van der Waals surface area contributed by atoms with Gasteiger partial charge in [0.2, 0.25) is 15.9 Å². The largest absolute Gasteiger partial charge is 0.493 e. The third-order valence-electron chi connectivity index (χ3n) is 4.54. The predicted octanol–water partition coefficient (Wildman–Crippen LogP) is 3.18. The van der Waals surface area contributed by atoms with Gasteiger partial charge in [-0.05, 0) is 55.2 Å². The van der Waals surface area contributed by atoms with Crippen molar-refractivity contribution in [3.63, 3.8) is 0 Å². The summed E-state index contributed by atoms with van der Waals surface area (Å²) in [4.78, 5) is 12.3. The molecule has 0 aliphatic heterocycles. The molecule has 0 unspecified atom stereocenters. The summed E-state index contributed by atoms with van der Waals surface area (Å²) >= 11 is 6.11. The molecule has 0 heterocycles. The number of sulfonamides is 1. The summed E-state index contributed by atoms with van der Waals surface area (Å²) < 4.78 is 35.9. The number of methoxy groups -OCH3 is 2. The van der Waals surface area contributed by atoms with Crippen LogP contribution in [0, 0.1) is 6.92 Å². The maximum Gasteiger partial charge on any atom is 0.240 e. The summed E-state index contributed by atoms with van der Waals surface area (Å²) in [6, 6.07) is 10.6. The van der Waals surface area contributed by atoms with Crippen LogP contribution in [0.4, 0.5) is 5.69 Å². The van der Waals surface area contributed by atoms with Crippen molar-refractivity contribution in [2.45, 2.75) is 19.8 Å². The predicted molar refractivity (Wildman–Crippen MR) is 119 cm³/mol. The van der Waals surface area contributed by atoms with Crippen molar-refractivity contribution in [3.8, 4) is 11.5 Å². The van der Waals surface area contributed by atoms with Gasteiger partial charge in [-0.15, -0.1) is 0 Å². The number of amides is 1. The van der Waals surface area contributed by atoms with Gasteiger partial charge in [0, 0.05) is 11.6 Å². The molecule has 2 aromatic rings. The fourth-order valence-electron chi connectivity index (χ4n) is 2.88. The molecular weight excluding hydrogens is 428 g/mol. The number of nitrogens with one attached hydrogen (secondary N) is 1. The van der Waals surface area contributed by atoms with E-state index in [1.807, 2.05) is 25.1 Å². The number of benzene rings is 2. The van der Waals surface area contributed by atoms with Crippen molar-refractivity contribution in [1.82, 2.24) is 5.32 Å². The standard InChI is InChI=1S/C21H27ClN2O5S/c1-15-7-9-17(13-18(15)22)24(30(4,26)27)14-21(25)23-11-5-6-16-8-10-19(28-2)20(12-16)29-3/h7-10,12-13H,5-6,11,14H2,1-4H3,(H,23,25). The molecule has 1 N–H and O–H groups in total. The molecule has 0 aromatic heterocycles. The van der Waals surface area contributed by atoms with Gasteiger partial charge >= 0.3 is 0 Å². The molecule has 0 atom stereocenters. The fraction of sp³-hybridized carbons (Fsp3) is 0.381. The highest BCUT2D eigenvalue weighted by Crippen LogP contribution is 2.28. The van der Waals surface area contributed by atoms with Crippen LogP contribution in [0.15, 0.2) is 36.4 Å². The number of hydrogen-bond donors (Lipinski definition) is 1. The number of anilines is 1. The quantitative estimate of drug-likeness (QED) is 0.557. The van der Waals surface area contributed by atoms with Gasteiger partial charge in [0.15, 0.2) is 11.5 Å². The number of ether oxygens (including phenoxy) is 2. The van der Waals surface area contributed by atoms with Crippen molar-refractivity contribution in [2.24, 2.45) is 0 Å². The van der Waals surface area contributed by atoms with Crippen LogP contribution in [-0.2, 0) is 21.2 Å². The molecule has 2 aromatic carbocycles. The van der Waals surface area contributed by atoms with Crippen molar-refractivity contribution in [3.05, 3.63) is 52.5 Å². The van der Waals surface area contributed by atoms with Gasteiger partial charge in [0.25, 0.3) is 0 Å². The van der Waals surface area contributed by atoms with Crippen molar-refractivity contribution in [2.75, 3.05) is 37.9 Å². The van der Waals surface area contributed by atoms with Crippen molar-refractivity contribution < 1.29 is 22.7 Å². The van der Waals surface area contributed by atoms with Gasteiger partial charge in [-0.3, -0.25) is 9.10 Å². The highest BCUT2D eigenvalue weighted by molar-refractivity contribution is 7.92. The molecule has 2 rings (SSSR count). The maximum absolute atomic E-state index is 12.3. The van der Waals surface area contributed by atoms with Gasteiger partial charge in [-0.2, -0.15) is 0 Å². The Kier molecular flexibility index (Phi) is 8.37. The Morgan fingerprint density at radius 3 is 2.40 bits per heavy atom. The Morgan fingerprint density at radius 1 is 1.10 bits per heavy atom. The SMILES string of the molecule is COc1ccc(CCCNC(=O)CN(c2ccc(C)c(Cl)c2)S(C)(=O)=O)cc1OC. The first-order valence-electron chi connectivity index (χ1n) is 9.37. The molecular formula is C21H27ClN2O5S. The van der Waals surface area contributed by atoms with Crippen molar-refractivity contribution in [1.29, 1.82) is 0 Å². The summed E-state index contributed by atoms with van der Waals surface area (Å²) in [5.41, 5.74) is 2.23. The maximum atomic E-state index is 12.3. The van der Waals surface area contributed by atoms with Crippen LogP contribution in [0.3, 0.4) is 0 Å². The molecule has 0 radical (unpaired) electrons. The molecule has 0 bridgehead atoms. The van der Waals surface area contributed by atoms with E-state index in [-0.39, 0.29) is 12.5 Å². The molecule has 0 fully saturated rings. The third kappa shape index (κ3) is 6.53. The Labute approximate surface area is 183 Å². The minimum atomic E-state index is -3.64. The second-order valence-corrected chi connectivity index (χ2v) is 9.16. The molecule has 0 spiro atoms. The fourth-order valence-corrected chi connectivity index (χ4v) is 3.90. The molecule has 9 heteroatoms. The number of carbonyl (C=O) groups excluding carboxylic acids is 1. The Balaban J connectivity index is 1.92. The van der Waals surface area contributed by atoms with E-state index in [4.69, 9.17) is 21.1 Å². The van der Waals surface area contributed by atoms with Crippen LogP contribution < -0.4 is 19.1 Å².